The third kappa shape index (κ3) is 6.43. The van der Waals surface area contributed by atoms with Crippen molar-refractivity contribution in [3.05, 3.63) is 63.1 Å². The van der Waals surface area contributed by atoms with Gasteiger partial charge < -0.3 is 36.6 Å². The second kappa shape index (κ2) is 11.6. The van der Waals surface area contributed by atoms with Gasteiger partial charge in [-0.25, -0.2) is 0 Å². The van der Waals surface area contributed by atoms with Crippen LogP contribution in [0.2, 0.25) is 10.0 Å². The van der Waals surface area contributed by atoms with Crippen molar-refractivity contribution in [2.75, 3.05) is 38.7 Å². The number of primary amides is 2. The maximum absolute atomic E-state index is 11.5. The molecule has 0 saturated carbocycles. The number of halogens is 2. The second-order valence-electron chi connectivity index (χ2n) is 8.71. The number of likely N-dealkylation sites (N-methyl/N-ethyl adjacent to an activating group) is 1. The molecule has 1 heterocycles. The van der Waals surface area contributed by atoms with Gasteiger partial charge in [-0.05, 0) is 48.0 Å². The number of rotatable bonds is 11. The van der Waals surface area contributed by atoms with E-state index in [1.54, 1.807) is 6.07 Å². The maximum Gasteiger partial charge on any atom is 0.252 e. The molecule has 0 radical (unpaired) electrons. The fourth-order valence-corrected chi connectivity index (χ4v) is 4.79. The van der Waals surface area contributed by atoms with E-state index in [1.165, 1.54) is 0 Å². The van der Waals surface area contributed by atoms with Gasteiger partial charge >= 0.3 is 0 Å². The minimum absolute atomic E-state index is 0.112. The summed E-state index contributed by atoms with van der Waals surface area (Å²) >= 11 is 12.8. The average Bonchev–Trinajstić information content (AvgIpc) is 2.80. The first-order valence-corrected chi connectivity index (χ1v) is 11.9. The predicted molar refractivity (Wildman–Crippen MR) is 134 cm³/mol. The molecule has 1 aliphatic rings. The van der Waals surface area contributed by atoms with Crippen molar-refractivity contribution in [3.8, 4) is 0 Å². The molecule has 0 aromatic heterocycles. The van der Waals surface area contributed by atoms with Crippen LogP contribution in [-0.2, 0) is 20.9 Å². The van der Waals surface area contributed by atoms with E-state index in [0.29, 0.717) is 16.6 Å². The SMILES string of the molecule is CN1Cc2c(Cl)cc(Cl)cc2C(c2cccc(NCCOCCC(O)(C(N)=O)C(O)C(N)=O)c2)C1. The molecule has 3 unspecified atom stereocenters. The summed E-state index contributed by atoms with van der Waals surface area (Å²) in [7, 11) is 2.06. The summed E-state index contributed by atoms with van der Waals surface area (Å²) in [5.41, 5.74) is 11.8. The highest BCUT2D eigenvalue weighted by Gasteiger charge is 2.44. The number of benzene rings is 2. The Morgan fingerprint density at radius 1 is 1.26 bits per heavy atom. The van der Waals surface area contributed by atoms with E-state index in [4.69, 9.17) is 39.4 Å². The highest BCUT2D eigenvalue weighted by Crippen LogP contribution is 2.38. The molecule has 0 spiro atoms. The van der Waals surface area contributed by atoms with Crippen molar-refractivity contribution in [3.63, 3.8) is 0 Å². The summed E-state index contributed by atoms with van der Waals surface area (Å²) < 4.78 is 5.44. The highest BCUT2D eigenvalue weighted by molar-refractivity contribution is 6.35. The van der Waals surface area contributed by atoms with Crippen LogP contribution in [0.5, 0.6) is 0 Å². The minimum Gasteiger partial charge on any atom is -0.383 e. The third-order valence-corrected chi connectivity index (χ3v) is 6.69. The van der Waals surface area contributed by atoms with Gasteiger partial charge in [-0.15, -0.1) is 0 Å². The van der Waals surface area contributed by atoms with E-state index < -0.39 is 23.5 Å². The first kappa shape index (κ1) is 27.2. The van der Waals surface area contributed by atoms with Crippen LogP contribution in [0.4, 0.5) is 5.69 Å². The molecule has 0 saturated heterocycles. The van der Waals surface area contributed by atoms with Crippen LogP contribution >= 0.6 is 23.2 Å². The fourth-order valence-electron chi connectivity index (χ4n) is 4.22. The van der Waals surface area contributed by atoms with Gasteiger partial charge in [0, 0.05) is 47.7 Å². The van der Waals surface area contributed by atoms with Crippen molar-refractivity contribution < 1.29 is 24.5 Å². The Labute approximate surface area is 213 Å². The summed E-state index contributed by atoms with van der Waals surface area (Å²) in [5.74, 6) is -2.38. The fraction of sp³-hybridized carbons (Fsp3) is 0.417. The number of hydrogen-bond acceptors (Lipinski definition) is 7. The summed E-state index contributed by atoms with van der Waals surface area (Å²) in [6.07, 6.45) is -2.49. The van der Waals surface area contributed by atoms with E-state index in [9.17, 15) is 19.8 Å². The van der Waals surface area contributed by atoms with E-state index in [2.05, 4.69) is 29.4 Å². The van der Waals surface area contributed by atoms with Crippen LogP contribution in [0.3, 0.4) is 0 Å². The Hall–Kier alpha value is -2.40. The van der Waals surface area contributed by atoms with E-state index >= 15 is 0 Å². The molecular weight excluding hydrogens is 495 g/mol. The van der Waals surface area contributed by atoms with Crippen LogP contribution in [0.15, 0.2) is 36.4 Å². The number of amides is 2. The van der Waals surface area contributed by atoms with Crippen molar-refractivity contribution in [1.29, 1.82) is 0 Å². The summed E-state index contributed by atoms with van der Waals surface area (Å²) in [6.45, 7) is 2.16. The molecule has 190 valence electrons. The van der Waals surface area contributed by atoms with Gasteiger partial charge in [-0.3, -0.25) is 9.59 Å². The molecule has 0 bridgehead atoms. The molecule has 35 heavy (non-hydrogen) atoms. The van der Waals surface area contributed by atoms with Gasteiger partial charge in [-0.1, -0.05) is 35.3 Å². The lowest BCUT2D eigenvalue weighted by atomic mass is 9.84. The molecule has 2 aromatic rings. The van der Waals surface area contributed by atoms with Gasteiger partial charge in [0.05, 0.1) is 13.2 Å². The third-order valence-electron chi connectivity index (χ3n) is 6.13. The maximum atomic E-state index is 11.5. The minimum atomic E-state index is -2.48. The molecule has 2 amide bonds. The number of aliphatic hydroxyl groups excluding tert-OH is 1. The lowest BCUT2D eigenvalue weighted by Crippen LogP contribution is -2.58. The number of fused-ring (bicyclic) bond motifs is 1. The Morgan fingerprint density at radius 3 is 2.69 bits per heavy atom. The lowest BCUT2D eigenvalue weighted by Gasteiger charge is -2.33. The van der Waals surface area contributed by atoms with E-state index in [1.807, 2.05) is 18.2 Å². The first-order valence-electron chi connectivity index (χ1n) is 11.1. The number of carbonyl (C=O) groups is 2. The molecule has 3 atom stereocenters. The zero-order valence-electron chi connectivity index (χ0n) is 19.3. The average molecular weight is 525 g/mol. The van der Waals surface area contributed by atoms with E-state index in [0.717, 1.165) is 35.5 Å². The van der Waals surface area contributed by atoms with Crippen molar-refractivity contribution in [2.45, 2.75) is 30.6 Å². The van der Waals surface area contributed by atoms with Gasteiger partial charge in [0.25, 0.3) is 5.91 Å². The standard InChI is InChI=1S/C24H30Cl2N4O5/c1-30-12-18(17-10-15(25)11-20(26)19(17)13-30)14-3-2-4-16(9-14)29-6-8-35-7-5-24(34,23(28)33)21(31)22(27)32/h2-4,9-11,18,21,29,31,34H,5-8,12-13H2,1H3,(H2,27,32)(H2,28,33). The second-order valence-corrected chi connectivity index (χ2v) is 9.56. The van der Waals surface area contributed by atoms with E-state index in [-0.39, 0.29) is 25.6 Å². The Balaban J connectivity index is 1.58. The molecule has 7 N–H and O–H groups in total. The van der Waals surface area contributed by atoms with Crippen molar-refractivity contribution in [2.24, 2.45) is 11.5 Å². The number of nitrogens with one attached hydrogen (secondary N) is 1. The Kier molecular flexibility index (Phi) is 8.98. The van der Waals surface area contributed by atoms with Crippen molar-refractivity contribution >= 4 is 40.7 Å². The monoisotopic (exact) mass is 524 g/mol. The van der Waals surface area contributed by atoms with Crippen LogP contribution in [-0.4, -0.2) is 72.0 Å². The lowest BCUT2D eigenvalue weighted by molar-refractivity contribution is -0.161. The number of anilines is 1. The van der Waals surface area contributed by atoms with Crippen molar-refractivity contribution in [1.82, 2.24) is 4.90 Å². The summed E-state index contributed by atoms with van der Waals surface area (Å²) in [5, 5.41) is 24.5. The topological polar surface area (TPSA) is 151 Å². The summed E-state index contributed by atoms with van der Waals surface area (Å²) in [4.78, 5) is 24.9. The number of ether oxygens (including phenoxy) is 1. The largest absolute Gasteiger partial charge is 0.383 e. The predicted octanol–water partition coefficient (Wildman–Crippen LogP) is 1.45. The normalized spacial score (nSPS) is 18.4. The number of carbonyl (C=O) groups excluding carboxylic acids is 2. The zero-order chi connectivity index (χ0) is 25.8. The highest BCUT2D eigenvalue weighted by atomic mass is 35.5. The molecule has 0 aliphatic carbocycles. The van der Waals surface area contributed by atoms with Crippen LogP contribution < -0.4 is 16.8 Å². The van der Waals surface area contributed by atoms with Gasteiger partial charge in [0.1, 0.15) is 0 Å². The Morgan fingerprint density at radius 2 is 2.00 bits per heavy atom. The molecular formula is C24H30Cl2N4O5. The van der Waals surface area contributed by atoms with Gasteiger partial charge in [-0.2, -0.15) is 0 Å². The quantitative estimate of drug-likeness (QED) is 0.279. The van der Waals surface area contributed by atoms with Crippen LogP contribution in [0.25, 0.3) is 0 Å². The number of nitrogens with zero attached hydrogens (tertiary/aromatic N) is 1. The molecule has 11 heteroatoms. The summed E-state index contributed by atoms with van der Waals surface area (Å²) in [6, 6.07) is 11.8. The Bertz CT molecular complexity index is 1090. The number of aliphatic hydroxyl groups is 2. The molecule has 0 fully saturated rings. The first-order chi connectivity index (χ1) is 16.5. The smallest absolute Gasteiger partial charge is 0.252 e. The molecule has 2 aromatic carbocycles. The van der Waals surface area contributed by atoms with Crippen LogP contribution in [0.1, 0.15) is 29.0 Å². The molecule has 3 rings (SSSR count). The number of nitrogens with two attached hydrogens (primary N) is 2. The number of hydrogen-bond donors (Lipinski definition) is 5. The zero-order valence-corrected chi connectivity index (χ0v) is 20.9. The van der Waals surface area contributed by atoms with Crippen LogP contribution in [0, 0.1) is 0 Å². The molecule has 9 nitrogen and oxygen atoms in total. The molecule has 1 aliphatic heterocycles. The van der Waals surface area contributed by atoms with Gasteiger partial charge in [0.15, 0.2) is 11.7 Å². The van der Waals surface area contributed by atoms with Gasteiger partial charge in [0.2, 0.25) is 5.91 Å².